The van der Waals surface area contributed by atoms with E-state index >= 15 is 0 Å². The molecular formula is C22H24ClFN2O6S. The number of aliphatic hydroxyl groups excluding tert-OH is 1. The first-order valence-corrected chi connectivity index (χ1v) is 12.0. The van der Waals surface area contributed by atoms with E-state index in [2.05, 4.69) is 5.32 Å². The van der Waals surface area contributed by atoms with Gasteiger partial charge in [-0.25, -0.2) is 12.8 Å². The van der Waals surface area contributed by atoms with Gasteiger partial charge in [0.2, 0.25) is 10.0 Å². The van der Waals surface area contributed by atoms with Crippen molar-refractivity contribution in [2.24, 2.45) is 0 Å². The highest BCUT2D eigenvalue weighted by Crippen LogP contribution is 2.29. The SMILES string of the molecule is Cc1ccc(S(=O)(=O)N2CC(O)C[C@H]2C(=O)OC(C)C(=O)Nc2ccc(F)cc2Cl)cc1C. The third-order valence-electron chi connectivity index (χ3n) is 5.44. The van der Waals surface area contributed by atoms with E-state index in [0.29, 0.717) is 0 Å². The van der Waals surface area contributed by atoms with Gasteiger partial charge in [0.1, 0.15) is 11.9 Å². The smallest absolute Gasteiger partial charge is 0.325 e. The van der Waals surface area contributed by atoms with Crippen LogP contribution in [-0.4, -0.2) is 54.5 Å². The molecule has 0 radical (unpaired) electrons. The Labute approximate surface area is 196 Å². The number of carbonyl (C=O) groups excluding carboxylic acids is 2. The molecule has 2 unspecified atom stereocenters. The minimum Gasteiger partial charge on any atom is -0.451 e. The van der Waals surface area contributed by atoms with Crippen LogP contribution in [0, 0.1) is 19.7 Å². The van der Waals surface area contributed by atoms with E-state index in [0.717, 1.165) is 27.6 Å². The molecule has 0 spiro atoms. The standard InChI is InChI=1S/C22H24ClFN2O6S/c1-12-4-6-17(8-13(12)2)33(30,31)26-11-16(27)10-20(26)22(29)32-14(3)21(28)25-19-7-5-15(24)9-18(19)23/h4-9,14,16,20,27H,10-11H2,1-3H3,(H,25,28)/t14?,16?,20-/m0/s1. The van der Waals surface area contributed by atoms with Gasteiger partial charge in [-0.15, -0.1) is 0 Å². The molecule has 0 bridgehead atoms. The maximum atomic E-state index is 13.2. The number of benzene rings is 2. The van der Waals surface area contributed by atoms with Crippen LogP contribution in [0.5, 0.6) is 0 Å². The third kappa shape index (κ3) is 5.52. The second kappa shape index (κ2) is 9.76. The van der Waals surface area contributed by atoms with Crippen LogP contribution in [0.25, 0.3) is 0 Å². The Kier molecular flexibility index (Phi) is 7.42. The molecule has 1 aliphatic rings. The van der Waals surface area contributed by atoms with Gasteiger partial charge >= 0.3 is 5.97 Å². The Morgan fingerprint density at radius 3 is 2.55 bits per heavy atom. The molecular weight excluding hydrogens is 475 g/mol. The van der Waals surface area contributed by atoms with Gasteiger partial charge in [-0.05, 0) is 62.2 Å². The predicted octanol–water partition coefficient (Wildman–Crippen LogP) is 2.79. The largest absolute Gasteiger partial charge is 0.451 e. The second-order valence-electron chi connectivity index (χ2n) is 7.92. The molecule has 3 rings (SSSR count). The molecule has 0 aliphatic carbocycles. The van der Waals surface area contributed by atoms with E-state index in [1.54, 1.807) is 13.0 Å². The molecule has 1 aliphatic heterocycles. The Balaban J connectivity index is 1.74. The maximum Gasteiger partial charge on any atom is 0.325 e. The average molecular weight is 499 g/mol. The molecule has 33 heavy (non-hydrogen) atoms. The van der Waals surface area contributed by atoms with Crippen molar-refractivity contribution in [2.75, 3.05) is 11.9 Å². The molecule has 2 N–H and O–H groups in total. The molecule has 178 valence electrons. The summed E-state index contributed by atoms with van der Waals surface area (Å²) in [7, 11) is -4.10. The summed E-state index contributed by atoms with van der Waals surface area (Å²) in [6.07, 6.45) is -2.53. The number of rotatable bonds is 6. The number of nitrogens with zero attached hydrogens (tertiary/aromatic N) is 1. The lowest BCUT2D eigenvalue weighted by atomic mass is 10.1. The zero-order chi connectivity index (χ0) is 24.5. The second-order valence-corrected chi connectivity index (χ2v) is 10.2. The lowest BCUT2D eigenvalue weighted by molar-refractivity contribution is -0.156. The fourth-order valence-electron chi connectivity index (χ4n) is 3.41. The molecule has 2 aromatic rings. The number of aryl methyl sites for hydroxylation is 2. The zero-order valence-corrected chi connectivity index (χ0v) is 19.8. The topological polar surface area (TPSA) is 113 Å². The molecule has 11 heteroatoms. The van der Waals surface area contributed by atoms with Crippen LogP contribution in [0.4, 0.5) is 10.1 Å². The first-order valence-electron chi connectivity index (χ1n) is 10.1. The van der Waals surface area contributed by atoms with Gasteiger partial charge in [-0.2, -0.15) is 4.31 Å². The highest BCUT2D eigenvalue weighted by atomic mass is 35.5. The summed E-state index contributed by atoms with van der Waals surface area (Å²) in [6.45, 7) is 4.64. The number of halogens is 2. The number of sulfonamides is 1. The van der Waals surface area contributed by atoms with Crippen LogP contribution in [0.3, 0.4) is 0 Å². The fourth-order valence-corrected chi connectivity index (χ4v) is 5.33. The summed E-state index contributed by atoms with van der Waals surface area (Å²) < 4.78 is 45.6. The summed E-state index contributed by atoms with van der Waals surface area (Å²) in [5, 5.41) is 12.5. The van der Waals surface area contributed by atoms with E-state index < -0.39 is 46.0 Å². The van der Waals surface area contributed by atoms with Crippen molar-refractivity contribution in [1.29, 1.82) is 0 Å². The van der Waals surface area contributed by atoms with Crippen molar-refractivity contribution in [3.63, 3.8) is 0 Å². The zero-order valence-electron chi connectivity index (χ0n) is 18.2. The van der Waals surface area contributed by atoms with Crippen LogP contribution in [0.15, 0.2) is 41.3 Å². The van der Waals surface area contributed by atoms with Gasteiger partial charge in [0.15, 0.2) is 6.10 Å². The average Bonchev–Trinajstić information content (AvgIpc) is 3.14. The van der Waals surface area contributed by atoms with Gasteiger partial charge < -0.3 is 15.2 Å². The number of β-amino-alcohol motifs (C(OH)–C–C–N with tert-alkyl or cyclic N) is 1. The quantitative estimate of drug-likeness (QED) is 0.592. The molecule has 0 aromatic heterocycles. The normalized spacial score (nSPS) is 19.8. The number of nitrogens with one attached hydrogen (secondary N) is 1. The van der Waals surface area contributed by atoms with E-state index in [1.165, 1.54) is 25.1 Å². The van der Waals surface area contributed by atoms with E-state index in [-0.39, 0.29) is 28.6 Å². The van der Waals surface area contributed by atoms with Crippen molar-refractivity contribution >= 4 is 39.2 Å². The first-order chi connectivity index (χ1) is 15.4. The van der Waals surface area contributed by atoms with E-state index in [4.69, 9.17) is 16.3 Å². The predicted molar refractivity (Wildman–Crippen MR) is 120 cm³/mol. The lowest BCUT2D eigenvalue weighted by Gasteiger charge is -2.24. The van der Waals surface area contributed by atoms with Crippen molar-refractivity contribution in [2.45, 2.75) is 50.3 Å². The highest BCUT2D eigenvalue weighted by Gasteiger charge is 2.45. The lowest BCUT2D eigenvalue weighted by Crippen LogP contribution is -2.43. The highest BCUT2D eigenvalue weighted by molar-refractivity contribution is 7.89. The Bertz CT molecular complexity index is 1190. The molecule has 0 saturated carbocycles. The van der Waals surface area contributed by atoms with Gasteiger partial charge in [-0.3, -0.25) is 9.59 Å². The fraction of sp³-hybridized carbons (Fsp3) is 0.364. The van der Waals surface area contributed by atoms with Gasteiger partial charge in [-0.1, -0.05) is 17.7 Å². The summed E-state index contributed by atoms with van der Waals surface area (Å²) in [5.41, 5.74) is 1.80. The minimum atomic E-state index is -4.10. The van der Waals surface area contributed by atoms with E-state index in [1.807, 2.05) is 6.92 Å². The van der Waals surface area contributed by atoms with Crippen LogP contribution in [0.2, 0.25) is 5.02 Å². The number of amides is 1. The number of carbonyl (C=O) groups is 2. The maximum absolute atomic E-state index is 13.2. The first kappa shape index (κ1) is 25.1. The number of anilines is 1. The molecule has 1 saturated heterocycles. The van der Waals surface area contributed by atoms with Crippen molar-refractivity contribution in [3.8, 4) is 0 Å². The van der Waals surface area contributed by atoms with E-state index in [9.17, 15) is 27.5 Å². The molecule has 1 heterocycles. The van der Waals surface area contributed by atoms with Gasteiger partial charge in [0.25, 0.3) is 5.91 Å². The van der Waals surface area contributed by atoms with Crippen molar-refractivity contribution in [3.05, 3.63) is 58.4 Å². The molecule has 1 fully saturated rings. The summed E-state index contributed by atoms with van der Waals surface area (Å²) in [4.78, 5) is 25.2. The van der Waals surface area contributed by atoms with Crippen LogP contribution >= 0.6 is 11.6 Å². The number of esters is 1. The minimum absolute atomic E-state index is 0.00533. The summed E-state index contributed by atoms with van der Waals surface area (Å²) in [6, 6.07) is 6.69. The van der Waals surface area contributed by atoms with Crippen LogP contribution < -0.4 is 5.32 Å². The number of hydrogen-bond acceptors (Lipinski definition) is 6. The third-order valence-corrected chi connectivity index (χ3v) is 7.63. The molecule has 8 nitrogen and oxygen atoms in total. The van der Waals surface area contributed by atoms with Crippen molar-refractivity contribution < 1.29 is 32.2 Å². The molecule has 2 aromatic carbocycles. The number of hydrogen-bond donors (Lipinski definition) is 2. The molecule has 1 amide bonds. The Hall–Kier alpha value is -2.53. The number of ether oxygens (including phenoxy) is 1. The van der Waals surface area contributed by atoms with Crippen LogP contribution in [0.1, 0.15) is 24.5 Å². The summed E-state index contributed by atoms with van der Waals surface area (Å²) in [5.74, 6) is -2.28. The Morgan fingerprint density at radius 1 is 1.21 bits per heavy atom. The number of aliphatic hydroxyl groups is 1. The van der Waals surface area contributed by atoms with Crippen LogP contribution in [-0.2, 0) is 24.3 Å². The van der Waals surface area contributed by atoms with Gasteiger partial charge in [0.05, 0.1) is 21.7 Å². The monoisotopic (exact) mass is 498 g/mol. The summed E-state index contributed by atoms with van der Waals surface area (Å²) >= 11 is 5.89. The van der Waals surface area contributed by atoms with Gasteiger partial charge in [0, 0.05) is 13.0 Å². The molecule has 3 atom stereocenters. The Morgan fingerprint density at radius 2 is 1.91 bits per heavy atom. The van der Waals surface area contributed by atoms with Crippen molar-refractivity contribution in [1.82, 2.24) is 4.31 Å².